The molecule has 3 heterocycles. The molecule has 4 aromatic rings. The molecule has 0 aliphatic rings. The zero-order valence-corrected chi connectivity index (χ0v) is 21.1. The van der Waals surface area contributed by atoms with E-state index in [2.05, 4.69) is 15.0 Å². The molecule has 0 bridgehead atoms. The van der Waals surface area contributed by atoms with E-state index in [1.54, 1.807) is 42.5 Å². The van der Waals surface area contributed by atoms with Crippen LogP contribution in [0.25, 0.3) is 11.6 Å². The van der Waals surface area contributed by atoms with Gasteiger partial charge in [0.15, 0.2) is 10.8 Å². The number of rotatable bonds is 11. The number of aromatic nitrogens is 3. The monoisotopic (exact) mass is 527 g/mol. The van der Waals surface area contributed by atoms with Gasteiger partial charge in [-0.15, -0.1) is 0 Å². The summed E-state index contributed by atoms with van der Waals surface area (Å²) in [5, 5.41) is 9.00. The van der Waals surface area contributed by atoms with Crippen molar-refractivity contribution in [1.29, 1.82) is 0 Å². The highest BCUT2D eigenvalue weighted by Gasteiger charge is 2.28. The number of furan rings is 1. The molecule has 0 saturated heterocycles. The number of methoxy groups -OCH3 is 1. The fourth-order valence-electron chi connectivity index (χ4n) is 3.12. The number of aliphatic hydroxyl groups excluding tert-OH is 1. The van der Waals surface area contributed by atoms with Gasteiger partial charge in [-0.05, 0) is 41.8 Å². The summed E-state index contributed by atoms with van der Waals surface area (Å²) in [5.41, 5.74) is 0.864. The Balaban J connectivity index is 1.82. The summed E-state index contributed by atoms with van der Waals surface area (Å²) in [6.45, 7) is 3.44. The van der Waals surface area contributed by atoms with Crippen molar-refractivity contribution in [2.45, 2.75) is 24.8 Å². The maximum Gasteiger partial charge on any atom is 0.358 e. The van der Waals surface area contributed by atoms with Gasteiger partial charge in [-0.3, -0.25) is 0 Å². The average Bonchev–Trinajstić information content (AvgIpc) is 3.44. The van der Waals surface area contributed by atoms with Crippen molar-refractivity contribution < 1.29 is 36.3 Å². The Morgan fingerprint density at radius 1 is 1.03 bits per heavy atom. The van der Waals surface area contributed by atoms with Crippen LogP contribution in [0.4, 0.5) is 0 Å². The first kappa shape index (κ1) is 25.9. The molecule has 0 amide bonds. The minimum atomic E-state index is -4.45. The van der Waals surface area contributed by atoms with E-state index in [0.717, 1.165) is 5.56 Å². The van der Waals surface area contributed by atoms with Gasteiger partial charge in [0.25, 0.3) is 17.5 Å². The van der Waals surface area contributed by atoms with Gasteiger partial charge >= 0.3 is 10.1 Å². The molecule has 0 atom stereocenters. The standard InChI is InChI=1S/C25H25N3O8S/c1-16(2)17-9-10-21(26-15-17)37(30,31)36-25-22(35-19-7-4-6-18(14-19)32-3)24(34-13-11-29)27-23(28-25)20-8-5-12-33-20/h4-10,12,14-16,29H,11,13H2,1-3H3. The SMILES string of the molecule is COc1cccc(Oc2c(OCCO)nc(-c3ccco3)nc2OS(=O)(=O)c2ccc(C(C)C)cn2)c1. The van der Waals surface area contributed by atoms with Crippen molar-refractivity contribution in [3.05, 3.63) is 66.6 Å². The molecule has 37 heavy (non-hydrogen) atoms. The average molecular weight is 528 g/mol. The van der Waals surface area contributed by atoms with Crippen LogP contribution in [0.2, 0.25) is 0 Å². The van der Waals surface area contributed by atoms with E-state index in [1.807, 2.05) is 13.8 Å². The Bertz CT molecular complexity index is 1440. The molecule has 0 aliphatic heterocycles. The van der Waals surface area contributed by atoms with E-state index < -0.39 is 16.0 Å². The van der Waals surface area contributed by atoms with Crippen molar-refractivity contribution in [2.75, 3.05) is 20.3 Å². The lowest BCUT2D eigenvalue weighted by atomic mass is 10.1. The molecular weight excluding hydrogens is 502 g/mol. The Morgan fingerprint density at radius 2 is 1.81 bits per heavy atom. The van der Waals surface area contributed by atoms with Crippen LogP contribution in [-0.2, 0) is 10.1 Å². The summed E-state index contributed by atoms with van der Waals surface area (Å²) in [5.74, 6) is 0.250. The third-order valence-corrected chi connectivity index (χ3v) is 6.14. The van der Waals surface area contributed by atoms with Crippen molar-refractivity contribution in [1.82, 2.24) is 15.0 Å². The van der Waals surface area contributed by atoms with Gasteiger partial charge in [-0.2, -0.15) is 18.4 Å². The van der Waals surface area contributed by atoms with Gasteiger partial charge in [0.2, 0.25) is 5.82 Å². The van der Waals surface area contributed by atoms with Gasteiger partial charge in [0.1, 0.15) is 18.1 Å². The van der Waals surface area contributed by atoms with E-state index in [9.17, 15) is 13.5 Å². The van der Waals surface area contributed by atoms with E-state index in [-0.39, 0.29) is 53.1 Å². The summed E-state index contributed by atoms with van der Waals surface area (Å²) in [4.78, 5) is 12.6. The molecule has 194 valence electrons. The van der Waals surface area contributed by atoms with Crippen LogP contribution in [0.3, 0.4) is 0 Å². The summed E-state index contributed by atoms with van der Waals surface area (Å²) < 4.78 is 53.9. The lowest BCUT2D eigenvalue weighted by Gasteiger charge is -2.16. The lowest BCUT2D eigenvalue weighted by molar-refractivity contribution is 0.191. The largest absolute Gasteiger partial charge is 0.497 e. The molecule has 0 radical (unpaired) electrons. The number of benzene rings is 1. The second-order valence-electron chi connectivity index (χ2n) is 7.94. The van der Waals surface area contributed by atoms with Crippen LogP contribution >= 0.6 is 0 Å². The first-order valence-corrected chi connectivity index (χ1v) is 12.6. The molecule has 0 unspecified atom stereocenters. The molecule has 0 saturated carbocycles. The summed E-state index contributed by atoms with van der Waals surface area (Å²) in [6, 6.07) is 12.8. The molecule has 0 aliphatic carbocycles. The number of aliphatic hydroxyl groups is 1. The first-order valence-electron chi connectivity index (χ1n) is 11.2. The first-order chi connectivity index (χ1) is 17.8. The molecule has 1 aromatic carbocycles. The zero-order valence-electron chi connectivity index (χ0n) is 20.3. The van der Waals surface area contributed by atoms with Crippen LogP contribution in [0.1, 0.15) is 25.3 Å². The molecule has 3 aromatic heterocycles. The molecule has 0 fully saturated rings. The normalized spacial score (nSPS) is 11.4. The van der Waals surface area contributed by atoms with Gasteiger partial charge in [0, 0.05) is 12.3 Å². The Hall–Kier alpha value is -4.16. The minimum absolute atomic E-state index is 0.0238. The number of hydrogen-bond donors (Lipinski definition) is 1. The van der Waals surface area contributed by atoms with E-state index in [1.165, 1.54) is 25.6 Å². The van der Waals surface area contributed by atoms with E-state index in [4.69, 9.17) is 22.8 Å². The van der Waals surface area contributed by atoms with Gasteiger partial charge in [-0.1, -0.05) is 26.0 Å². The maximum atomic E-state index is 13.2. The van der Waals surface area contributed by atoms with E-state index in [0.29, 0.717) is 5.75 Å². The molecular formula is C25H25N3O8S. The number of pyridine rings is 1. The lowest BCUT2D eigenvalue weighted by Crippen LogP contribution is -2.15. The second-order valence-corrected chi connectivity index (χ2v) is 9.43. The molecule has 0 spiro atoms. The minimum Gasteiger partial charge on any atom is -0.497 e. The van der Waals surface area contributed by atoms with Gasteiger partial charge in [-0.25, -0.2) is 4.98 Å². The van der Waals surface area contributed by atoms with Gasteiger partial charge < -0.3 is 27.9 Å². The Labute approximate surface area is 213 Å². The van der Waals surface area contributed by atoms with Crippen molar-refractivity contribution >= 4 is 10.1 Å². The van der Waals surface area contributed by atoms with Crippen molar-refractivity contribution in [3.63, 3.8) is 0 Å². The molecule has 11 nitrogen and oxygen atoms in total. The van der Waals surface area contributed by atoms with Crippen LogP contribution < -0.4 is 18.4 Å². The highest BCUT2D eigenvalue weighted by molar-refractivity contribution is 7.87. The molecule has 12 heteroatoms. The topological polar surface area (TPSA) is 143 Å². The highest BCUT2D eigenvalue weighted by atomic mass is 32.2. The van der Waals surface area contributed by atoms with Crippen LogP contribution in [0.15, 0.2) is 70.4 Å². The van der Waals surface area contributed by atoms with Crippen molar-refractivity contribution in [3.8, 4) is 40.6 Å². The summed E-state index contributed by atoms with van der Waals surface area (Å²) in [6.07, 6.45) is 2.88. The van der Waals surface area contributed by atoms with Crippen LogP contribution in [0.5, 0.6) is 29.0 Å². The zero-order chi connectivity index (χ0) is 26.4. The fraction of sp³-hybridized carbons (Fsp3) is 0.240. The second kappa shape index (κ2) is 11.3. The summed E-state index contributed by atoms with van der Waals surface area (Å²) >= 11 is 0. The Kier molecular flexibility index (Phi) is 7.89. The number of hydrogen-bond acceptors (Lipinski definition) is 11. The number of ether oxygens (including phenoxy) is 3. The maximum absolute atomic E-state index is 13.2. The summed E-state index contributed by atoms with van der Waals surface area (Å²) in [7, 11) is -2.95. The highest BCUT2D eigenvalue weighted by Crippen LogP contribution is 2.41. The quantitative estimate of drug-likeness (QED) is 0.280. The smallest absolute Gasteiger partial charge is 0.358 e. The van der Waals surface area contributed by atoms with Crippen LogP contribution in [-0.4, -0.2) is 48.8 Å². The molecule has 1 N–H and O–H groups in total. The molecule has 4 rings (SSSR count). The number of nitrogens with zero attached hydrogens (tertiary/aromatic N) is 3. The predicted molar refractivity (Wildman–Crippen MR) is 132 cm³/mol. The third-order valence-electron chi connectivity index (χ3n) is 5.01. The van der Waals surface area contributed by atoms with Crippen LogP contribution in [0, 0.1) is 0 Å². The van der Waals surface area contributed by atoms with Crippen molar-refractivity contribution in [2.24, 2.45) is 0 Å². The van der Waals surface area contributed by atoms with Gasteiger partial charge in [0.05, 0.1) is 20.0 Å². The Morgan fingerprint density at radius 3 is 2.46 bits per heavy atom. The fourth-order valence-corrected chi connectivity index (χ4v) is 3.94. The van der Waals surface area contributed by atoms with E-state index >= 15 is 0 Å². The third kappa shape index (κ3) is 6.16. The predicted octanol–water partition coefficient (Wildman–Crippen LogP) is 4.19.